The molecule has 1 N–H and O–H groups in total. The molecule has 5 nitrogen and oxygen atoms in total. The number of aromatic nitrogens is 1. The lowest BCUT2D eigenvalue weighted by molar-refractivity contribution is -0.120. The van der Waals surface area contributed by atoms with Gasteiger partial charge in [0.15, 0.2) is 0 Å². The van der Waals surface area contributed by atoms with E-state index in [0.29, 0.717) is 19.6 Å². The molecule has 0 spiro atoms. The van der Waals surface area contributed by atoms with Crippen molar-refractivity contribution in [3.63, 3.8) is 0 Å². The number of nitrogens with one attached hydrogen (secondary N) is 1. The molecule has 5 heteroatoms. The first-order valence-corrected chi connectivity index (χ1v) is 6.70. The second-order valence-electron chi connectivity index (χ2n) is 4.41. The van der Waals surface area contributed by atoms with Gasteiger partial charge >= 0.3 is 0 Å². The van der Waals surface area contributed by atoms with E-state index in [9.17, 15) is 4.79 Å². The lowest BCUT2D eigenvalue weighted by atomic mass is 10.2. The van der Waals surface area contributed by atoms with Crippen LogP contribution in [0.3, 0.4) is 0 Å². The Kier molecular flexibility index (Phi) is 5.58. The predicted molar refractivity (Wildman–Crippen MR) is 79.4 cm³/mol. The number of methoxy groups -OCH3 is 1. The fourth-order valence-electron chi connectivity index (χ4n) is 1.78. The van der Waals surface area contributed by atoms with Gasteiger partial charge in [-0.2, -0.15) is 0 Å². The predicted octanol–water partition coefficient (Wildman–Crippen LogP) is 1.83. The van der Waals surface area contributed by atoms with Crippen molar-refractivity contribution in [1.29, 1.82) is 0 Å². The van der Waals surface area contributed by atoms with Crippen LogP contribution in [-0.2, 0) is 11.2 Å². The van der Waals surface area contributed by atoms with Crippen molar-refractivity contribution in [3.05, 3.63) is 54.4 Å². The van der Waals surface area contributed by atoms with Gasteiger partial charge in [-0.25, -0.2) is 0 Å². The molecule has 0 atom stereocenters. The topological polar surface area (TPSA) is 60.5 Å². The van der Waals surface area contributed by atoms with Crippen LogP contribution in [0.25, 0.3) is 0 Å². The number of carbonyl (C=O) groups is 1. The average Bonchev–Trinajstić information content (AvgIpc) is 2.53. The van der Waals surface area contributed by atoms with E-state index in [2.05, 4.69) is 10.3 Å². The fraction of sp³-hybridized carbons (Fsp3) is 0.250. The van der Waals surface area contributed by atoms with Gasteiger partial charge in [0.05, 0.1) is 20.1 Å². The molecule has 2 aromatic rings. The van der Waals surface area contributed by atoms with Gasteiger partial charge in [-0.05, 0) is 42.0 Å². The van der Waals surface area contributed by atoms with E-state index in [4.69, 9.17) is 9.47 Å². The first-order valence-electron chi connectivity index (χ1n) is 6.70. The van der Waals surface area contributed by atoms with Gasteiger partial charge in [-0.3, -0.25) is 9.78 Å². The molecule has 1 aromatic carbocycles. The summed E-state index contributed by atoms with van der Waals surface area (Å²) in [7, 11) is 1.62. The highest BCUT2D eigenvalue weighted by molar-refractivity contribution is 5.78. The molecule has 0 aliphatic carbocycles. The Hall–Kier alpha value is -2.56. The van der Waals surface area contributed by atoms with Crippen molar-refractivity contribution in [2.45, 2.75) is 6.42 Å². The molecule has 0 unspecified atom stereocenters. The first-order chi connectivity index (χ1) is 10.3. The van der Waals surface area contributed by atoms with E-state index < -0.39 is 0 Å². The van der Waals surface area contributed by atoms with E-state index >= 15 is 0 Å². The minimum atomic E-state index is -0.0282. The van der Waals surface area contributed by atoms with E-state index in [1.54, 1.807) is 19.5 Å². The van der Waals surface area contributed by atoms with Crippen LogP contribution >= 0.6 is 0 Å². The lowest BCUT2D eigenvalue weighted by Gasteiger charge is -2.08. The Morgan fingerprint density at radius 2 is 1.76 bits per heavy atom. The Morgan fingerprint density at radius 3 is 2.43 bits per heavy atom. The highest BCUT2D eigenvalue weighted by Crippen LogP contribution is 2.16. The van der Waals surface area contributed by atoms with E-state index in [1.165, 1.54) is 0 Å². The lowest BCUT2D eigenvalue weighted by Crippen LogP contribution is -2.29. The zero-order valence-electron chi connectivity index (χ0n) is 11.9. The van der Waals surface area contributed by atoms with Crippen LogP contribution in [0.15, 0.2) is 48.8 Å². The number of hydrogen-bond acceptors (Lipinski definition) is 4. The maximum Gasteiger partial charge on any atom is 0.224 e. The minimum Gasteiger partial charge on any atom is -0.497 e. The van der Waals surface area contributed by atoms with Crippen molar-refractivity contribution in [3.8, 4) is 11.5 Å². The average molecular weight is 286 g/mol. The number of nitrogens with zero attached hydrogens (tertiary/aromatic N) is 1. The fourth-order valence-corrected chi connectivity index (χ4v) is 1.78. The van der Waals surface area contributed by atoms with Gasteiger partial charge in [0, 0.05) is 12.4 Å². The molecule has 0 saturated heterocycles. The summed E-state index contributed by atoms with van der Waals surface area (Å²) in [4.78, 5) is 15.6. The maximum absolute atomic E-state index is 11.7. The Morgan fingerprint density at radius 1 is 1.10 bits per heavy atom. The van der Waals surface area contributed by atoms with Crippen LogP contribution in [-0.4, -0.2) is 31.2 Å². The zero-order valence-corrected chi connectivity index (χ0v) is 11.9. The Labute approximate surface area is 123 Å². The molecular formula is C16H18N2O3. The maximum atomic E-state index is 11.7. The van der Waals surface area contributed by atoms with Crippen LogP contribution < -0.4 is 14.8 Å². The Balaban J connectivity index is 1.66. The number of pyridine rings is 1. The summed E-state index contributed by atoms with van der Waals surface area (Å²) < 4.78 is 10.6. The largest absolute Gasteiger partial charge is 0.497 e. The third-order valence-corrected chi connectivity index (χ3v) is 2.87. The second kappa shape index (κ2) is 7.89. The van der Waals surface area contributed by atoms with Gasteiger partial charge in [-0.15, -0.1) is 0 Å². The summed E-state index contributed by atoms with van der Waals surface area (Å²) in [6.45, 7) is 0.893. The highest BCUT2D eigenvalue weighted by atomic mass is 16.5. The van der Waals surface area contributed by atoms with Crippen molar-refractivity contribution in [1.82, 2.24) is 10.3 Å². The van der Waals surface area contributed by atoms with Crippen LogP contribution in [0.4, 0.5) is 0 Å². The zero-order chi connectivity index (χ0) is 14.9. The van der Waals surface area contributed by atoms with Crippen molar-refractivity contribution < 1.29 is 14.3 Å². The van der Waals surface area contributed by atoms with Gasteiger partial charge in [0.1, 0.15) is 18.1 Å². The summed E-state index contributed by atoms with van der Waals surface area (Å²) in [5, 5.41) is 2.81. The van der Waals surface area contributed by atoms with Gasteiger partial charge in [0.2, 0.25) is 5.91 Å². The molecule has 21 heavy (non-hydrogen) atoms. The number of hydrogen-bond donors (Lipinski definition) is 1. The van der Waals surface area contributed by atoms with Crippen molar-refractivity contribution in [2.75, 3.05) is 20.3 Å². The quantitative estimate of drug-likeness (QED) is 0.789. The molecule has 0 bridgehead atoms. The highest BCUT2D eigenvalue weighted by Gasteiger charge is 2.02. The normalized spacial score (nSPS) is 9.95. The third kappa shape index (κ3) is 5.14. The molecule has 0 aliphatic rings. The molecular weight excluding hydrogens is 268 g/mol. The summed E-state index contributed by atoms with van der Waals surface area (Å²) in [6.07, 6.45) is 3.70. The van der Waals surface area contributed by atoms with Gasteiger partial charge < -0.3 is 14.8 Å². The second-order valence-corrected chi connectivity index (χ2v) is 4.41. The van der Waals surface area contributed by atoms with Crippen LogP contribution in [0, 0.1) is 0 Å². The molecule has 0 fully saturated rings. The van der Waals surface area contributed by atoms with E-state index in [1.807, 2.05) is 36.4 Å². The summed E-state index contributed by atoms with van der Waals surface area (Å²) in [6, 6.07) is 11.0. The third-order valence-electron chi connectivity index (χ3n) is 2.87. The molecule has 1 heterocycles. The summed E-state index contributed by atoms with van der Waals surface area (Å²) in [5.74, 6) is 1.51. The number of benzene rings is 1. The van der Waals surface area contributed by atoms with Crippen LogP contribution in [0.5, 0.6) is 11.5 Å². The van der Waals surface area contributed by atoms with Crippen LogP contribution in [0.1, 0.15) is 5.56 Å². The first kappa shape index (κ1) is 14.8. The van der Waals surface area contributed by atoms with Gasteiger partial charge in [0.25, 0.3) is 0 Å². The number of rotatable bonds is 7. The van der Waals surface area contributed by atoms with Crippen molar-refractivity contribution in [2.24, 2.45) is 0 Å². The van der Waals surface area contributed by atoms with E-state index in [-0.39, 0.29) is 5.91 Å². The summed E-state index contributed by atoms with van der Waals surface area (Å²) >= 11 is 0. The molecule has 110 valence electrons. The molecule has 1 amide bonds. The molecule has 2 rings (SSSR count). The molecule has 0 saturated carbocycles. The minimum absolute atomic E-state index is 0.0282. The molecule has 0 radical (unpaired) electrons. The SMILES string of the molecule is COc1ccc(OCCNC(=O)Cc2ccncc2)cc1. The number of ether oxygens (including phenoxy) is 2. The molecule has 0 aliphatic heterocycles. The number of amides is 1. The molecule has 1 aromatic heterocycles. The number of carbonyl (C=O) groups excluding carboxylic acids is 1. The monoisotopic (exact) mass is 286 g/mol. The van der Waals surface area contributed by atoms with Crippen molar-refractivity contribution >= 4 is 5.91 Å². The van der Waals surface area contributed by atoms with Gasteiger partial charge in [-0.1, -0.05) is 0 Å². The standard InChI is InChI=1S/C16H18N2O3/c1-20-14-2-4-15(5-3-14)21-11-10-18-16(19)12-13-6-8-17-9-7-13/h2-9H,10-12H2,1H3,(H,18,19). The smallest absolute Gasteiger partial charge is 0.224 e. The van der Waals surface area contributed by atoms with E-state index in [0.717, 1.165) is 17.1 Å². The summed E-state index contributed by atoms with van der Waals surface area (Å²) in [5.41, 5.74) is 0.943. The van der Waals surface area contributed by atoms with Crippen LogP contribution in [0.2, 0.25) is 0 Å². The Bertz CT molecular complexity index is 555.